The quantitative estimate of drug-likeness (QED) is 0.667. The van der Waals surface area contributed by atoms with Crippen LogP contribution >= 0.6 is 0 Å². The van der Waals surface area contributed by atoms with Gasteiger partial charge in [-0.3, -0.25) is 0 Å². The van der Waals surface area contributed by atoms with Gasteiger partial charge < -0.3 is 20.1 Å². The predicted octanol–water partition coefficient (Wildman–Crippen LogP) is 0.221. The highest BCUT2D eigenvalue weighted by atomic mass is 19.4. The van der Waals surface area contributed by atoms with Crippen LogP contribution in [0.1, 0.15) is 6.42 Å². The Kier molecular flexibility index (Phi) is 5.18. The van der Waals surface area contributed by atoms with Crippen molar-refractivity contribution < 1.29 is 23.0 Å². The molecule has 0 bridgehead atoms. The highest BCUT2D eigenvalue weighted by molar-refractivity contribution is 4.89. The molecule has 1 aliphatic heterocycles. The van der Waals surface area contributed by atoms with E-state index in [9.17, 15) is 18.3 Å². The Morgan fingerprint density at radius 1 is 1.47 bits per heavy atom. The molecule has 1 atom stereocenters. The smallest absolute Gasteiger partial charge is 0.387 e. The van der Waals surface area contributed by atoms with Crippen LogP contribution in [0.5, 0.6) is 0 Å². The third kappa shape index (κ3) is 6.21. The summed E-state index contributed by atoms with van der Waals surface area (Å²) in [7, 11) is 1.76. The molecule has 0 spiro atoms. The number of hydrogen-bond donors (Lipinski definition) is 2. The minimum absolute atomic E-state index is 0.0134. The van der Waals surface area contributed by atoms with E-state index in [1.807, 2.05) is 0 Å². The van der Waals surface area contributed by atoms with Gasteiger partial charge in [-0.05, 0) is 20.0 Å². The molecule has 102 valence electrons. The van der Waals surface area contributed by atoms with E-state index in [1.165, 1.54) is 0 Å². The fourth-order valence-corrected chi connectivity index (χ4v) is 1.86. The molecule has 1 rings (SSSR count). The second kappa shape index (κ2) is 5.99. The van der Waals surface area contributed by atoms with Crippen LogP contribution in [0.25, 0.3) is 0 Å². The van der Waals surface area contributed by atoms with E-state index in [1.54, 1.807) is 11.9 Å². The van der Waals surface area contributed by atoms with Crippen LogP contribution in [0.2, 0.25) is 0 Å². The number of nitrogens with zero attached hydrogens (tertiary/aromatic N) is 1. The topological polar surface area (TPSA) is 44.7 Å². The molecule has 17 heavy (non-hydrogen) atoms. The third-order valence-electron chi connectivity index (χ3n) is 2.67. The third-order valence-corrected chi connectivity index (χ3v) is 2.67. The van der Waals surface area contributed by atoms with E-state index in [4.69, 9.17) is 0 Å². The summed E-state index contributed by atoms with van der Waals surface area (Å²) in [5.41, 5.74) is -0.765. The first kappa shape index (κ1) is 14.7. The van der Waals surface area contributed by atoms with Gasteiger partial charge in [-0.2, -0.15) is 13.2 Å². The van der Waals surface area contributed by atoms with Gasteiger partial charge in [0, 0.05) is 19.6 Å². The molecular weight excluding hydrogens is 237 g/mol. The second-order valence-corrected chi connectivity index (χ2v) is 4.56. The molecule has 0 radical (unpaired) electrons. The summed E-state index contributed by atoms with van der Waals surface area (Å²) in [6, 6.07) is 0. The SMILES string of the molecule is CN(CCOCC(F)(F)F)CC1(O)CCNC1. The van der Waals surface area contributed by atoms with Gasteiger partial charge in [-0.25, -0.2) is 0 Å². The maximum Gasteiger partial charge on any atom is 0.411 e. The molecule has 1 heterocycles. The number of rotatable bonds is 6. The van der Waals surface area contributed by atoms with Crippen molar-refractivity contribution in [1.82, 2.24) is 10.2 Å². The maximum atomic E-state index is 11.8. The number of hydrogen-bond acceptors (Lipinski definition) is 4. The average Bonchev–Trinajstić information content (AvgIpc) is 2.58. The van der Waals surface area contributed by atoms with Crippen LogP contribution in [0.3, 0.4) is 0 Å². The second-order valence-electron chi connectivity index (χ2n) is 4.56. The molecule has 1 aliphatic rings. The van der Waals surface area contributed by atoms with E-state index in [0.717, 1.165) is 6.54 Å². The minimum Gasteiger partial charge on any atom is -0.387 e. The van der Waals surface area contributed by atoms with Crippen molar-refractivity contribution in [2.45, 2.75) is 18.2 Å². The average molecular weight is 256 g/mol. The van der Waals surface area contributed by atoms with Crippen LogP contribution in [0, 0.1) is 0 Å². The van der Waals surface area contributed by atoms with Crippen LogP contribution in [0.4, 0.5) is 13.2 Å². The van der Waals surface area contributed by atoms with Crippen molar-refractivity contribution in [3.8, 4) is 0 Å². The van der Waals surface area contributed by atoms with Gasteiger partial charge in [0.1, 0.15) is 6.61 Å². The van der Waals surface area contributed by atoms with Crippen LogP contribution < -0.4 is 5.32 Å². The van der Waals surface area contributed by atoms with Crippen molar-refractivity contribution in [3.63, 3.8) is 0 Å². The van der Waals surface area contributed by atoms with E-state index >= 15 is 0 Å². The number of ether oxygens (including phenoxy) is 1. The monoisotopic (exact) mass is 256 g/mol. The summed E-state index contributed by atoms with van der Waals surface area (Å²) in [5.74, 6) is 0. The number of nitrogens with one attached hydrogen (secondary N) is 1. The summed E-state index contributed by atoms with van der Waals surface area (Å²) in [6.07, 6.45) is -3.60. The summed E-state index contributed by atoms with van der Waals surface area (Å²) in [6.45, 7) is 0.912. The van der Waals surface area contributed by atoms with Crippen LogP contribution in [0.15, 0.2) is 0 Å². The Hall–Kier alpha value is -0.370. The lowest BCUT2D eigenvalue weighted by atomic mass is 10.0. The zero-order chi connectivity index (χ0) is 12.9. The van der Waals surface area contributed by atoms with Gasteiger partial charge in [-0.1, -0.05) is 0 Å². The number of aliphatic hydroxyl groups is 1. The highest BCUT2D eigenvalue weighted by Gasteiger charge is 2.32. The zero-order valence-corrected chi connectivity index (χ0v) is 9.89. The Balaban J connectivity index is 2.11. The van der Waals surface area contributed by atoms with Gasteiger partial charge in [0.05, 0.1) is 12.2 Å². The first-order chi connectivity index (χ1) is 7.81. The summed E-state index contributed by atoms with van der Waals surface area (Å²) in [4.78, 5) is 1.78. The maximum absolute atomic E-state index is 11.8. The molecule has 2 N–H and O–H groups in total. The van der Waals surface area contributed by atoms with Gasteiger partial charge in [0.2, 0.25) is 0 Å². The van der Waals surface area contributed by atoms with E-state index in [2.05, 4.69) is 10.1 Å². The fraction of sp³-hybridized carbons (Fsp3) is 1.00. The van der Waals surface area contributed by atoms with Crippen LogP contribution in [-0.2, 0) is 4.74 Å². The highest BCUT2D eigenvalue weighted by Crippen LogP contribution is 2.16. The number of β-amino-alcohol motifs (C(OH)–C–C–N with tert-alkyl or cyclic N) is 1. The molecule has 0 saturated carbocycles. The molecule has 0 amide bonds. The molecule has 1 unspecified atom stereocenters. The van der Waals surface area contributed by atoms with Crippen molar-refractivity contribution in [3.05, 3.63) is 0 Å². The fourth-order valence-electron chi connectivity index (χ4n) is 1.86. The molecule has 4 nitrogen and oxygen atoms in total. The number of halogens is 3. The lowest BCUT2D eigenvalue weighted by Gasteiger charge is -2.27. The van der Waals surface area contributed by atoms with Gasteiger partial charge >= 0.3 is 6.18 Å². The summed E-state index contributed by atoms with van der Waals surface area (Å²) < 4.78 is 39.8. The Morgan fingerprint density at radius 2 is 2.18 bits per heavy atom. The molecule has 1 saturated heterocycles. The van der Waals surface area contributed by atoms with E-state index < -0.39 is 18.4 Å². The first-order valence-electron chi connectivity index (χ1n) is 5.57. The molecule has 0 aliphatic carbocycles. The molecule has 1 fully saturated rings. The minimum atomic E-state index is -4.27. The molecular formula is C10H19F3N2O2. The molecule has 0 aromatic heterocycles. The molecule has 0 aromatic carbocycles. The van der Waals surface area contributed by atoms with Crippen molar-refractivity contribution >= 4 is 0 Å². The van der Waals surface area contributed by atoms with Gasteiger partial charge in [-0.15, -0.1) is 0 Å². The number of likely N-dealkylation sites (N-methyl/N-ethyl adjacent to an activating group) is 1. The predicted molar refractivity (Wildman–Crippen MR) is 56.8 cm³/mol. The lowest BCUT2D eigenvalue weighted by Crippen LogP contribution is -2.44. The first-order valence-corrected chi connectivity index (χ1v) is 5.57. The lowest BCUT2D eigenvalue weighted by molar-refractivity contribution is -0.174. The van der Waals surface area contributed by atoms with E-state index in [0.29, 0.717) is 26.1 Å². The molecule has 0 aromatic rings. The summed E-state index contributed by atoms with van der Waals surface area (Å²) >= 11 is 0. The van der Waals surface area contributed by atoms with E-state index in [-0.39, 0.29) is 6.61 Å². The van der Waals surface area contributed by atoms with Gasteiger partial charge in [0.25, 0.3) is 0 Å². The molecule has 7 heteroatoms. The Labute approximate surface area is 98.7 Å². The zero-order valence-electron chi connectivity index (χ0n) is 9.89. The Morgan fingerprint density at radius 3 is 2.71 bits per heavy atom. The summed E-state index contributed by atoms with van der Waals surface area (Å²) in [5, 5.41) is 13.1. The standard InChI is InChI=1S/C10H19F3N2O2/c1-15(4-5-17-8-10(11,12)13)7-9(16)2-3-14-6-9/h14,16H,2-8H2,1H3. The largest absolute Gasteiger partial charge is 0.411 e. The van der Waals surface area contributed by atoms with Crippen molar-refractivity contribution in [2.75, 3.05) is 46.4 Å². The van der Waals surface area contributed by atoms with Gasteiger partial charge in [0.15, 0.2) is 0 Å². The normalized spacial score (nSPS) is 25.8. The van der Waals surface area contributed by atoms with Crippen LogP contribution in [-0.4, -0.2) is 68.2 Å². The van der Waals surface area contributed by atoms with Crippen molar-refractivity contribution in [2.24, 2.45) is 0 Å². The van der Waals surface area contributed by atoms with Crippen molar-refractivity contribution in [1.29, 1.82) is 0 Å². The number of alkyl halides is 3. The Bertz CT molecular complexity index is 230.